The van der Waals surface area contributed by atoms with Crippen molar-refractivity contribution in [2.24, 2.45) is 5.73 Å². The predicted octanol–water partition coefficient (Wildman–Crippen LogP) is 1.35. The summed E-state index contributed by atoms with van der Waals surface area (Å²) in [5.41, 5.74) is 22.2. The summed E-state index contributed by atoms with van der Waals surface area (Å²) in [5, 5.41) is 15.1. The molecule has 0 aliphatic heterocycles. The Bertz CT molecular complexity index is 2110. The van der Waals surface area contributed by atoms with Crippen LogP contribution in [0.15, 0.2) is 64.2 Å². The Morgan fingerprint density at radius 1 is 0.731 bits per heavy atom. The standard InChI is InChI=1S/2C10H9N3O3.C10H11NO4.CH3ClN2.ClH/c1-16-9(15)5-2-3-6-7(4-5)12-10(11)13-8(6)14;11-10-12-7-3-5(8(15)4-14)1-2-6(7)9(16)13-10;1-14-9(12)6-3-4-7(8(11)5-6)10(13)15-2;2-1(3)4;/h2-4H,1H3,(H3,11,12,13,14);1-3,14H,4H2,(H3,11,12,13,16);3-5H,11H2,1-2H3;(H3,3,4);1H. The first-order chi connectivity index (χ1) is 24.1. The van der Waals surface area contributed by atoms with Crippen LogP contribution in [0.4, 0.5) is 17.6 Å². The summed E-state index contributed by atoms with van der Waals surface area (Å²) in [6.45, 7) is -0.579. The molecule has 0 saturated carbocycles. The number of nitrogen functional groups attached to an aromatic ring is 3. The number of amidine groups is 1. The van der Waals surface area contributed by atoms with Gasteiger partial charge in [0.1, 0.15) is 6.61 Å². The number of benzene rings is 3. The van der Waals surface area contributed by atoms with Crippen LogP contribution in [0.25, 0.3) is 21.8 Å². The van der Waals surface area contributed by atoms with Crippen molar-refractivity contribution in [2.45, 2.75) is 0 Å². The minimum Gasteiger partial charge on any atom is -0.465 e. The first-order valence-corrected chi connectivity index (χ1v) is 14.3. The van der Waals surface area contributed by atoms with Crippen LogP contribution in [0.2, 0.25) is 0 Å². The number of Topliss-reactive ketones (excluding diaryl/α,β-unsaturated/α-hetero) is 1. The van der Waals surface area contributed by atoms with Gasteiger partial charge in [0.15, 0.2) is 11.1 Å². The molecule has 12 N–H and O–H groups in total. The molecule has 5 rings (SSSR count). The average molecular weight is 763 g/mol. The molecule has 0 atom stereocenters. The lowest BCUT2D eigenvalue weighted by molar-refractivity contribution is 0.0587. The van der Waals surface area contributed by atoms with Crippen molar-refractivity contribution in [3.63, 3.8) is 0 Å². The highest BCUT2D eigenvalue weighted by Gasteiger charge is 2.13. The van der Waals surface area contributed by atoms with E-state index in [2.05, 4.69) is 51.5 Å². The lowest BCUT2D eigenvalue weighted by Crippen LogP contribution is -2.12. The summed E-state index contributed by atoms with van der Waals surface area (Å²) in [7, 11) is 3.81. The van der Waals surface area contributed by atoms with Gasteiger partial charge in [-0.25, -0.2) is 24.4 Å². The quantitative estimate of drug-likeness (QED) is 0.0238. The lowest BCUT2D eigenvalue weighted by Gasteiger charge is -2.05. The third kappa shape index (κ3) is 12.1. The van der Waals surface area contributed by atoms with Crippen molar-refractivity contribution < 1.29 is 38.5 Å². The molecule has 0 unspecified atom stereocenters. The largest absolute Gasteiger partial charge is 0.465 e. The summed E-state index contributed by atoms with van der Waals surface area (Å²) in [5.74, 6) is -1.95. The first kappa shape index (κ1) is 43.5. The van der Waals surface area contributed by atoms with Crippen LogP contribution >= 0.6 is 24.0 Å². The highest BCUT2D eigenvalue weighted by atomic mass is 35.5. The maximum atomic E-state index is 11.5. The number of nitrogens with zero attached hydrogens (tertiary/aromatic N) is 2. The molecule has 0 amide bonds. The van der Waals surface area contributed by atoms with Gasteiger partial charge in [0.2, 0.25) is 11.9 Å². The van der Waals surface area contributed by atoms with Crippen LogP contribution in [-0.2, 0) is 14.2 Å². The number of fused-ring (bicyclic) bond motifs is 2. The molecular formula is C31H33Cl2N9O10. The number of H-pyrrole nitrogens is 2. The second-order valence-electron chi connectivity index (χ2n) is 9.57. The van der Waals surface area contributed by atoms with E-state index in [0.717, 1.165) is 0 Å². The molecular weight excluding hydrogens is 729 g/mol. The van der Waals surface area contributed by atoms with Crippen LogP contribution in [0.1, 0.15) is 41.4 Å². The molecule has 0 saturated heterocycles. The van der Waals surface area contributed by atoms with Gasteiger partial charge in [0.25, 0.3) is 11.1 Å². The minimum absolute atomic E-state index is 0. The summed E-state index contributed by atoms with van der Waals surface area (Å²) >= 11 is 4.64. The van der Waals surface area contributed by atoms with E-state index in [1.807, 2.05) is 0 Å². The number of aliphatic hydroxyl groups is 1. The minimum atomic E-state index is -0.579. The monoisotopic (exact) mass is 761 g/mol. The molecule has 21 heteroatoms. The zero-order valence-corrected chi connectivity index (χ0v) is 29.1. The van der Waals surface area contributed by atoms with Gasteiger partial charge >= 0.3 is 17.9 Å². The molecule has 5 aromatic rings. The molecule has 0 radical (unpaired) electrons. The number of carbonyl (C=O) groups is 4. The molecule has 0 aliphatic carbocycles. The zero-order chi connectivity index (χ0) is 38.4. The number of hydrogen-bond acceptors (Lipinski definition) is 16. The SMILES string of the molecule is COC(=O)c1ccc(C(=O)OC)c(N)c1.COC(=O)c1ccc2c(=O)[nH]c(N)nc2c1.Cl.N=C(N)Cl.Nc1nc2cc(C(=O)CO)ccc2c(=O)[nH]1. The Balaban J connectivity index is 0.000000367. The van der Waals surface area contributed by atoms with Gasteiger partial charge in [-0.1, -0.05) is 6.07 Å². The Hall–Kier alpha value is -6.57. The van der Waals surface area contributed by atoms with E-state index in [1.165, 1.54) is 75.9 Å². The van der Waals surface area contributed by atoms with Gasteiger partial charge in [-0.15, -0.1) is 12.4 Å². The van der Waals surface area contributed by atoms with E-state index in [1.54, 1.807) is 0 Å². The van der Waals surface area contributed by atoms with Gasteiger partial charge in [0, 0.05) is 11.3 Å². The number of ketones is 1. The fourth-order valence-corrected chi connectivity index (χ4v) is 3.93. The highest BCUT2D eigenvalue weighted by molar-refractivity contribution is 6.63. The smallest absolute Gasteiger partial charge is 0.339 e. The molecule has 2 heterocycles. The number of hydrogen-bond donors (Lipinski definition) is 8. The Morgan fingerprint density at radius 2 is 1.12 bits per heavy atom. The summed E-state index contributed by atoms with van der Waals surface area (Å²) in [4.78, 5) is 80.2. The van der Waals surface area contributed by atoms with E-state index in [0.29, 0.717) is 38.5 Å². The Morgan fingerprint density at radius 3 is 1.52 bits per heavy atom. The number of nitrogens with two attached hydrogens (primary N) is 4. The third-order valence-corrected chi connectivity index (χ3v) is 6.21. The molecule has 2 aromatic heterocycles. The molecule has 0 fully saturated rings. The van der Waals surface area contributed by atoms with Crippen LogP contribution in [0.3, 0.4) is 0 Å². The van der Waals surface area contributed by atoms with Gasteiger partial charge in [0.05, 0.1) is 59.8 Å². The Labute approximate surface area is 304 Å². The van der Waals surface area contributed by atoms with Gasteiger partial charge < -0.3 is 42.3 Å². The van der Waals surface area contributed by atoms with E-state index in [4.69, 9.17) is 27.7 Å². The van der Waals surface area contributed by atoms with Crippen molar-refractivity contribution in [1.82, 2.24) is 19.9 Å². The van der Waals surface area contributed by atoms with Crippen molar-refractivity contribution in [3.05, 3.63) is 97.6 Å². The number of rotatable bonds is 5. The number of aromatic amines is 2. The molecule has 3 aromatic carbocycles. The highest BCUT2D eigenvalue weighted by Crippen LogP contribution is 2.16. The fourth-order valence-electron chi connectivity index (χ4n) is 3.93. The van der Waals surface area contributed by atoms with Gasteiger partial charge in [-0.05, 0) is 60.1 Å². The second-order valence-corrected chi connectivity index (χ2v) is 9.98. The molecule has 19 nitrogen and oxygen atoms in total. The number of carbonyl (C=O) groups excluding carboxylic acids is 4. The van der Waals surface area contributed by atoms with Crippen molar-refractivity contribution >= 4 is 92.4 Å². The Kier molecular flexibility index (Phi) is 16.9. The number of aliphatic hydroxyl groups excluding tert-OH is 1. The van der Waals surface area contributed by atoms with Crippen molar-refractivity contribution in [1.29, 1.82) is 5.41 Å². The lowest BCUT2D eigenvalue weighted by atomic mass is 10.1. The van der Waals surface area contributed by atoms with Crippen molar-refractivity contribution in [2.75, 3.05) is 45.1 Å². The van der Waals surface area contributed by atoms with E-state index >= 15 is 0 Å². The zero-order valence-electron chi connectivity index (χ0n) is 27.5. The number of aromatic nitrogens is 4. The molecule has 52 heavy (non-hydrogen) atoms. The number of methoxy groups -OCH3 is 3. The first-order valence-electron chi connectivity index (χ1n) is 13.9. The number of esters is 3. The van der Waals surface area contributed by atoms with Crippen LogP contribution < -0.4 is 34.1 Å². The molecule has 0 spiro atoms. The maximum absolute atomic E-state index is 11.5. The fraction of sp³-hybridized carbons (Fsp3) is 0.129. The topological polar surface area (TPSA) is 336 Å². The van der Waals surface area contributed by atoms with Crippen LogP contribution in [0.5, 0.6) is 0 Å². The third-order valence-electron chi connectivity index (χ3n) is 6.21. The average Bonchev–Trinajstić information content (AvgIpc) is 3.09. The normalized spacial score (nSPS) is 9.63. The summed E-state index contributed by atoms with van der Waals surface area (Å²) in [6, 6.07) is 13.1. The van der Waals surface area contributed by atoms with Crippen LogP contribution in [-0.4, -0.2) is 82.0 Å². The number of anilines is 3. The number of halogens is 2. The number of nitrogens with one attached hydrogen (secondary N) is 3. The number of ether oxygens (including phenoxy) is 3. The predicted molar refractivity (Wildman–Crippen MR) is 195 cm³/mol. The van der Waals surface area contributed by atoms with Gasteiger partial charge in [-0.3, -0.25) is 29.8 Å². The molecule has 0 aliphatic rings. The van der Waals surface area contributed by atoms with Gasteiger partial charge in [-0.2, -0.15) is 0 Å². The van der Waals surface area contributed by atoms with E-state index in [9.17, 15) is 28.8 Å². The summed E-state index contributed by atoms with van der Waals surface area (Å²) in [6.07, 6.45) is 0. The second kappa shape index (κ2) is 20.2. The molecule has 0 bridgehead atoms. The van der Waals surface area contributed by atoms with E-state index in [-0.39, 0.29) is 52.0 Å². The van der Waals surface area contributed by atoms with Crippen molar-refractivity contribution in [3.8, 4) is 0 Å². The summed E-state index contributed by atoms with van der Waals surface area (Å²) < 4.78 is 13.6. The molecule has 276 valence electrons. The van der Waals surface area contributed by atoms with Crippen LogP contribution in [0, 0.1) is 5.41 Å². The maximum Gasteiger partial charge on any atom is 0.339 e. The van der Waals surface area contributed by atoms with E-state index < -0.39 is 30.3 Å².